The number of anilines is 1. The standard InChI is InChI=1S/C17H29N3OS/c1-13(2)12-22-11-5-10-19-17(18)20-15-6-8-16(9-7-15)21-14(3)4/h6-9,13-14H,5,10-12H2,1-4H3,(H3,18,19,20). The molecule has 5 heteroatoms. The Bertz CT molecular complexity index is 444. The van der Waals surface area contributed by atoms with Gasteiger partial charge in [-0.1, -0.05) is 13.8 Å². The zero-order valence-electron chi connectivity index (χ0n) is 14.1. The fourth-order valence-electron chi connectivity index (χ4n) is 1.76. The lowest BCUT2D eigenvalue weighted by Crippen LogP contribution is -2.22. The average molecular weight is 324 g/mol. The molecule has 0 aromatic heterocycles. The fourth-order valence-corrected chi connectivity index (χ4v) is 2.73. The van der Waals surface area contributed by atoms with Crippen molar-refractivity contribution >= 4 is 23.4 Å². The summed E-state index contributed by atoms with van der Waals surface area (Å²) in [4.78, 5) is 4.35. The third-order valence-electron chi connectivity index (χ3n) is 2.68. The highest BCUT2D eigenvalue weighted by molar-refractivity contribution is 7.99. The molecule has 0 spiro atoms. The van der Waals surface area contributed by atoms with E-state index in [1.54, 1.807) is 0 Å². The van der Waals surface area contributed by atoms with Gasteiger partial charge < -0.3 is 15.8 Å². The molecule has 1 rings (SSSR count). The molecule has 22 heavy (non-hydrogen) atoms. The molecule has 0 atom stereocenters. The van der Waals surface area contributed by atoms with E-state index in [0.717, 1.165) is 36.1 Å². The minimum atomic E-state index is 0.180. The zero-order chi connectivity index (χ0) is 16.4. The number of nitrogens with one attached hydrogen (secondary N) is 1. The molecule has 0 aliphatic carbocycles. The number of hydrogen-bond donors (Lipinski definition) is 2. The predicted molar refractivity (Wildman–Crippen MR) is 99.1 cm³/mol. The molecule has 0 aliphatic rings. The van der Waals surface area contributed by atoms with Gasteiger partial charge in [0.1, 0.15) is 5.75 Å². The van der Waals surface area contributed by atoms with Crippen LogP contribution in [0, 0.1) is 5.92 Å². The van der Waals surface area contributed by atoms with E-state index in [1.165, 1.54) is 5.75 Å². The van der Waals surface area contributed by atoms with Crippen LogP contribution in [-0.2, 0) is 0 Å². The van der Waals surface area contributed by atoms with Crippen LogP contribution >= 0.6 is 11.8 Å². The van der Waals surface area contributed by atoms with E-state index in [9.17, 15) is 0 Å². The molecule has 0 saturated carbocycles. The second-order valence-corrected chi connectivity index (χ2v) is 7.06. The van der Waals surface area contributed by atoms with Crippen molar-refractivity contribution < 1.29 is 4.74 Å². The molecule has 3 N–H and O–H groups in total. The minimum Gasteiger partial charge on any atom is -0.491 e. The number of aliphatic imine (C=N–C) groups is 1. The van der Waals surface area contributed by atoms with Crippen molar-refractivity contribution in [3.63, 3.8) is 0 Å². The van der Waals surface area contributed by atoms with Gasteiger partial charge >= 0.3 is 0 Å². The molecule has 1 aromatic carbocycles. The van der Waals surface area contributed by atoms with Gasteiger partial charge in [-0.05, 0) is 62.0 Å². The molecule has 0 bridgehead atoms. The van der Waals surface area contributed by atoms with Crippen molar-refractivity contribution in [1.29, 1.82) is 0 Å². The number of rotatable bonds is 9. The third kappa shape index (κ3) is 8.82. The quantitative estimate of drug-likeness (QED) is 0.410. The zero-order valence-corrected chi connectivity index (χ0v) is 15.0. The van der Waals surface area contributed by atoms with Crippen molar-refractivity contribution in [1.82, 2.24) is 0 Å². The van der Waals surface area contributed by atoms with E-state index in [4.69, 9.17) is 10.5 Å². The molecular formula is C17H29N3OS. The van der Waals surface area contributed by atoms with Crippen molar-refractivity contribution in [3.8, 4) is 5.75 Å². The highest BCUT2D eigenvalue weighted by Gasteiger charge is 1.99. The number of benzene rings is 1. The van der Waals surface area contributed by atoms with Gasteiger partial charge in [-0.15, -0.1) is 0 Å². The fraction of sp³-hybridized carbons (Fsp3) is 0.588. The van der Waals surface area contributed by atoms with E-state index < -0.39 is 0 Å². The second-order valence-electron chi connectivity index (χ2n) is 5.91. The maximum absolute atomic E-state index is 5.89. The van der Waals surface area contributed by atoms with Crippen molar-refractivity contribution in [2.75, 3.05) is 23.4 Å². The molecule has 0 heterocycles. The first-order valence-electron chi connectivity index (χ1n) is 7.88. The maximum atomic E-state index is 5.89. The van der Waals surface area contributed by atoms with Gasteiger partial charge in [0.25, 0.3) is 0 Å². The van der Waals surface area contributed by atoms with Crippen LogP contribution < -0.4 is 15.8 Å². The molecule has 1 aromatic rings. The molecule has 4 nitrogen and oxygen atoms in total. The van der Waals surface area contributed by atoms with E-state index in [1.807, 2.05) is 49.9 Å². The van der Waals surface area contributed by atoms with Crippen molar-refractivity contribution in [2.45, 2.75) is 40.2 Å². The van der Waals surface area contributed by atoms with E-state index >= 15 is 0 Å². The summed E-state index contributed by atoms with van der Waals surface area (Å²) in [6.07, 6.45) is 1.24. The van der Waals surface area contributed by atoms with Crippen LogP contribution in [0.4, 0.5) is 5.69 Å². The Balaban J connectivity index is 2.28. The minimum absolute atomic E-state index is 0.180. The monoisotopic (exact) mass is 323 g/mol. The first-order valence-corrected chi connectivity index (χ1v) is 9.04. The Labute approximate surface area is 138 Å². The summed E-state index contributed by atoms with van der Waals surface area (Å²) in [5, 5.41) is 3.10. The summed E-state index contributed by atoms with van der Waals surface area (Å²) in [5.41, 5.74) is 6.81. The number of thioether (sulfide) groups is 1. The smallest absolute Gasteiger partial charge is 0.193 e. The molecular weight excluding hydrogens is 294 g/mol. The Hall–Kier alpha value is -1.36. The van der Waals surface area contributed by atoms with Gasteiger partial charge in [-0.25, -0.2) is 0 Å². The molecule has 124 valence electrons. The first kappa shape index (κ1) is 18.7. The topological polar surface area (TPSA) is 59.6 Å². The van der Waals surface area contributed by atoms with Gasteiger partial charge in [0.15, 0.2) is 5.96 Å². The largest absolute Gasteiger partial charge is 0.491 e. The van der Waals surface area contributed by atoms with Crippen LogP contribution in [0.15, 0.2) is 29.3 Å². The molecule has 0 radical (unpaired) electrons. The van der Waals surface area contributed by atoms with Crippen LogP contribution in [0.25, 0.3) is 0 Å². The van der Waals surface area contributed by atoms with Crippen LogP contribution in [0.5, 0.6) is 5.75 Å². The van der Waals surface area contributed by atoms with Crippen molar-refractivity contribution in [2.24, 2.45) is 16.6 Å². The number of guanidine groups is 1. The summed E-state index contributed by atoms with van der Waals surface area (Å²) in [7, 11) is 0. The summed E-state index contributed by atoms with van der Waals surface area (Å²) < 4.78 is 5.60. The molecule has 0 unspecified atom stereocenters. The first-order chi connectivity index (χ1) is 10.5. The third-order valence-corrected chi connectivity index (χ3v) is 4.16. The van der Waals surface area contributed by atoms with Gasteiger partial charge in [-0.3, -0.25) is 4.99 Å². The highest BCUT2D eigenvalue weighted by atomic mass is 32.2. The molecule has 0 saturated heterocycles. The van der Waals surface area contributed by atoms with Crippen LogP contribution in [0.1, 0.15) is 34.1 Å². The Morgan fingerprint density at radius 2 is 1.91 bits per heavy atom. The SMILES string of the molecule is CC(C)CSCCCN=C(N)Nc1ccc(OC(C)C)cc1. The van der Waals surface area contributed by atoms with Crippen LogP contribution in [-0.4, -0.2) is 30.1 Å². The van der Waals surface area contributed by atoms with Crippen LogP contribution in [0.3, 0.4) is 0 Å². The van der Waals surface area contributed by atoms with E-state index in [2.05, 4.69) is 24.2 Å². The number of ether oxygens (including phenoxy) is 1. The van der Waals surface area contributed by atoms with Gasteiger partial charge in [0.05, 0.1) is 6.10 Å². The number of nitrogens with two attached hydrogens (primary N) is 1. The van der Waals surface area contributed by atoms with Gasteiger partial charge in [-0.2, -0.15) is 11.8 Å². The molecule has 0 amide bonds. The number of nitrogens with zero attached hydrogens (tertiary/aromatic N) is 1. The second kappa shape index (κ2) is 10.4. The Morgan fingerprint density at radius 1 is 1.23 bits per heavy atom. The van der Waals surface area contributed by atoms with Crippen LogP contribution in [0.2, 0.25) is 0 Å². The summed E-state index contributed by atoms with van der Waals surface area (Å²) in [5.74, 6) is 4.42. The number of hydrogen-bond acceptors (Lipinski definition) is 3. The average Bonchev–Trinajstić information content (AvgIpc) is 2.44. The lowest BCUT2D eigenvalue weighted by molar-refractivity contribution is 0.242. The summed E-state index contributed by atoms with van der Waals surface area (Å²) >= 11 is 1.98. The highest BCUT2D eigenvalue weighted by Crippen LogP contribution is 2.16. The van der Waals surface area contributed by atoms with Gasteiger partial charge in [0, 0.05) is 12.2 Å². The van der Waals surface area contributed by atoms with E-state index in [0.29, 0.717) is 5.96 Å². The Morgan fingerprint density at radius 3 is 2.50 bits per heavy atom. The van der Waals surface area contributed by atoms with E-state index in [-0.39, 0.29) is 6.10 Å². The van der Waals surface area contributed by atoms with Gasteiger partial charge in [0.2, 0.25) is 0 Å². The normalized spacial score (nSPS) is 12.0. The lowest BCUT2D eigenvalue weighted by Gasteiger charge is -2.11. The Kier molecular flexibility index (Phi) is 8.82. The lowest BCUT2D eigenvalue weighted by atomic mass is 10.3. The molecule has 0 fully saturated rings. The van der Waals surface area contributed by atoms with Crippen molar-refractivity contribution in [3.05, 3.63) is 24.3 Å². The summed E-state index contributed by atoms with van der Waals surface area (Å²) in [6, 6.07) is 7.74. The molecule has 0 aliphatic heterocycles. The predicted octanol–water partition coefficient (Wildman–Crippen LogP) is 3.98. The maximum Gasteiger partial charge on any atom is 0.193 e. The summed E-state index contributed by atoms with van der Waals surface area (Å²) in [6.45, 7) is 9.26.